The van der Waals surface area contributed by atoms with E-state index in [1.807, 2.05) is 0 Å². The molecule has 1 fully saturated rings. The van der Waals surface area contributed by atoms with Gasteiger partial charge in [0.25, 0.3) is 0 Å². The number of rotatable bonds is 2. The van der Waals surface area contributed by atoms with E-state index < -0.39 is 0 Å². The molecule has 1 aliphatic rings. The topological polar surface area (TPSA) is 3.24 Å². The van der Waals surface area contributed by atoms with E-state index in [4.69, 9.17) is 23.2 Å². The molecular weight excluding hydrogens is 248 g/mol. The minimum atomic E-state index is -0.230. The van der Waals surface area contributed by atoms with Crippen LogP contribution in [0.25, 0.3) is 0 Å². The first-order valence-corrected chi connectivity index (χ1v) is 6.27. The van der Waals surface area contributed by atoms with Crippen molar-refractivity contribution in [3.05, 3.63) is 34.6 Å². The Morgan fingerprint density at radius 2 is 2.00 bits per heavy atom. The third-order valence-corrected chi connectivity index (χ3v) is 3.72. The van der Waals surface area contributed by atoms with Gasteiger partial charge in [0.2, 0.25) is 0 Å². The van der Waals surface area contributed by atoms with E-state index in [-0.39, 0.29) is 5.82 Å². The van der Waals surface area contributed by atoms with Gasteiger partial charge >= 0.3 is 0 Å². The Bertz CT molecular complexity index is 362. The number of piperidine rings is 1. The van der Waals surface area contributed by atoms with Gasteiger partial charge in [-0.25, -0.2) is 4.39 Å². The molecule has 2 rings (SSSR count). The van der Waals surface area contributed by atoms with Crippen LogP contribution in [0, 0.1) is 5.82 Å². The van der Waals surface area contributed by atoms with E-state index in [1.54, 1.807) is 6.07 Å². The molecule has 0 N–H and O–H groups in total. The van der Waals surface area contributed by atoms with Crippen LogP contribution in [0.4, 0.5) is 4.39 Å². The highest BCUT2D eigenvalue weighted by atomic mass is 35.5. The Kier molecular flexibility index (Phi) is 4.06. The molecule has 1 saturated heterocycles. The maximum Gasteiger partial charge on any atom is 0.123 e. The summed E-state index contributed by atoms with van der Waals surface area (Å²) in [4.78, 5) is 2.26. The van der Waals surface area contributed by atoms with Crippen LogP contribution in [0.5, 0.6) is 0 Å². The molecule has 0 unspecified atom stereocenters. The van der Waals surface area contributed by atoms with Crippen molar-refractivity contribution in [1.29, 1.82) is 0 Å². The van der Waals surface area contributed by atoms with Crippen LogP contribution in [0.2, 0.25) is 5.02 Å². The first-order chi connectivity index (χ1) is 7.65. The number of hydrogen-bond acceptors (Lipinski definition) is 1. The number of halogens is 3. The number of benzene rings is 1. The van der Waals surface area contributed by atoms with Crippen LogP contribution in [0.3, 0.4) is 0 Å². The van der Waals surface area contributed by atoms with Crippen molar-refractivity contribution in [2.75, 3.05) is 13.1 Å². The van der Waals surface area contributed by atoms with Crippen LogP contribution < -0.4 is 0 Å². The molecule has 0 radical (unpaired) electrons. The lowest BCUT2D eigenvalue weighted by Gasteiger charge is -2.29. The first-order valence-electron chi connectivity index (χ1n) is 5.45. The summed E-state index contributed by atoms with van der Waals surface area (Å²) < 4.78 is 13.1. The van der Waals surface area contributed by atoms with Crippen LogP contribution in [-0.4, -0.2) is 23.4 Å². The molecule has 1 nitrogen and oxygen atoms in total. The average Bonchev–Trinajstić information content (AvgIpc) is 2.27. The molecule has 0 spiro atoms. The molecule has 4 heteroatoms. The van der Waals surface area contributed by atoms with E-state index in [0.29, 0.717) is 16.9 Å². The van der Waals surface area contributed by atoms with E-state index in [0.717, 1.165) is 31.5 Å². The lowest BCUT2D eigenvalue weighted by molar-refractivity contribution is 0.223. The fourth-order valence-corrected chi connectivity index (χ4v) is 2.34. The number of likely N-dealkylation sites (tertiary alicyclic amines) is 1. The summed E-state index contributed by atoms with van der Waals surface area (Å²) in [5, 5.41) is 0.925. The second-order valence-corrected chi connectivity index (χ2v) is 5.21. The van der Waals surface area contributed by atoms with Gasteiger partial charge in [0.1, 0.15) is 5.82 Å². The Morgan fingerprint density at radius 1 is 1.31 bits per heavy atom. The largest absolute Gasteiger partial charge is 0.299 e. The number of nitrogens with zero attached hydrogens (tertiary/aromatic N) is 1. The van der Waals surface area contributed by atoms with Gasteiger partial charge in [-0.1, -0.05) is 11.6 Å². The highest BCUT2D eigenvalue weighted by Gasteiger charge is 2.17. The Morgan fingerprint density at radius 3 is 2.69 bits per heavy atom. The fraction of sp³-hybridized carbons (Fsp3) is 0.500. The monoisotopic (exact) mass is 261 g/mol. The highest BCUT2D eigenvalue weighted by Crippen LogP contribution is 2.22. The lowest BCUT2D eigenvalue weighted by atomic mass is 10.1. The van der Waals surface area contributed by atoms with Crippen LogP contribution in [-0.2, 0) is 6.54 Å². The molecule has 0 aliphatic carbocycles. The summed E-state index contributed by atoms with van der Waals surface area (Å²) in [6.07, 6.45) is 1.99. The molecule has 1 aromatic rings. The maximum absolute atomic E-state index is 13.1. The lowest BCUT2D eigenvalue weighted by Crippen LogP contribution is -2.33. The zero-order valence-corrected chi connectivity index (χ0v) is 10.4. The minimum absolute atomic E-state index is 0.230. The molecule has 1 heterocycles. The highest BCUT2D eigenvalue weighted by molar-refractivity contribution is 6.31. The summed E-state index contributed by atoms with van der Waals surface area (Å²) in [7, 11) is 0. The summed E-state index contributed by atoms with van der Waals surface area (Å²) in [5.74, 6) is -0.230. The van der Waals surface area contributed by atoms with Gasteiger partial charge in [0.15, 0.2) is 0 Å². The van der Waals surface area contributed by atoms with E-state index in [1.165, 1.54) is 12.1 Å². The molecular formula is C12H14Cl2FN. The van der Waals surface area contributed by atoms with Crippen LogP contribution in [0.1, 0.15) is 18.4 Å². The molecule has 0 aromatic heterocycles. The number of hydrogen-bond donors (Lipinski definition) is 0. The van der Waals surface area contributed by atoms with Gasteiger partial charge in [-0.15, -0.1) is 11.6 Å². The zero-order chi connectivity index (χ0) is 11.5. The average molecular weight is 262 g/mol. The molecule has 0 amide bonds. The van der Waals surface area contributed by atoms with Gasteiger partial charge in [0, 0.05) is 16.9 Å². The normalized spacial score (nSPS) is 18.9. The molecule has 88 valence electrons. The van der Waals surface area contributed by atoms with Crippen LogP contribution in [0.15, 0.2) is 18.2 Å². The van der Waals surface area contributed by atoms with Crippen LogP contribution >= 0.6 is 23.2 Å². The third-order valence-electron chi connectivity index (χ3n) is 2.92. The molecule has 0 saturated carbocycles. The first kappa shape index (κ1) is 12.2. The summed E-state index contributed by atoms with van der Waals surface area (Å²) in [6.45, 7) is 2.63. The van der Waals surface area contributed by atoms with Gasteiger partial charge in [0.05, 0.1) is 0 Å². The summed E-state index contributed by atoms with van der Waals surface area (Å²) in [6, 6.07) is 4.51. The quantitative estimate of drug-likeness (QED) is 0.735. The molecule has 0 atom stereocenters. The molecule has 0 bridgehead atoms. The van der Waals surface area contributed by atoms with E-state index in [2.05, 4.69) is 4.90 Å². The van der Waals surface area contributed by atoms with Crippen molar-refractivity contribution in [3.63, 3.8) is 0 Å². The third kappa shape index (κ3) is 3.09. The predicted octanol–water partition coefficient (Wildman–Crippen LogP) is 3.68. The summed E-state index contributed by atoms with van der Waals surface area (Å²) >= 11 is 12.1. The van der Waals surface area contributed by atoms with Crippen molar-refractivity contribution in [3.8, 4) is 0 Å². The smallest absolute Gasteiger partial charge is 0.123 e. The van der Waals surface area contributed by atoms with Crippen molar-refractivity contribution >= 4 is 23.2 Å². The minimum Gasteiger partial charge on any atom is -0.299 e. The SMILES string of the molecule is Fc1ccc(Cl)c(CN2CCC(Cl)CC2)c1. The predicted molar refractivity (Wildman–Crippen MR) is 65.6 cm³/mol. The van der Waals surface area contributed by atoms with E-state index >= 15 is 0 Å². The zero-order valence-electron chi connectivity index (χ0n) is 8.93. The van der Waals surface area contributed by atoms with Gasteiger partial charge < -0.3 is 0 Å². The Labute approximate surface area is 105 Å². The Balaban J connectivity index is 2.00. The summed E-state index contributed by atoms with van der Waals surface area (Å²) in [5.41, 5.74) is 0.856. The van der Waals surface area contributed by atoms with Crippen molar-refractivity contribution in [2.24, 2.45) is 0 Å². The fourth-order valence-electron chi connectivity index (χ4n) is 1.96. The van der Waals surface area contributed by atoms with Gasteiger partial charge in [-0.05, 0) is 49.7 Å². The molecule has 1 aliphatic heterocycles. The maximum atomic E-state index is 13.1. The number of alkyl halides is 1. The standard InChI is InChI=1S/C12H14Cl2FN/c13-10-3-5-16(6-4-10)8-9-7-11(15)1-2-12(9)14/h1-2,7,10H,3-6,8H2. The van der Waals surface area contributed by atoms with Crippen molar-refractivity contribution in [2.45, 2.75) is 24.8 Å². The van der Waals surface area contributed by atoms with E-state index in [9.17, 15) is 4.39 Å². The second-order valence-electron chi connectivity index (χ2n) is 4.19. The molecule has 16 heavy (non-hydrogen) atoms. The van der Waals surface area contributed by atoms with Gasteiger partial charge in [-0.2, -0.15) is 0 Å². The molecule has 1 aromatic carbocycles. The second kappa shape index (κ2) is 5.35. The van der Waals surface area contributed by atoms with Gasteiger partial charge in [-0.3, -0.25) is 4.90 Å². The van der Waals surface area contributed by atoms with Crippen molar-refractivity contribution in [1.82, 2.24) is 4.90 Å². The van der Waals surface area contributed by atoms with Crippen molar-refractivity contribution < 1.29 is 4.39 Å². The Hall–Kier alpha value is -0.310.